The first kappa shape index (κ1) is 25.6. The molecule has 0 saturated carbocycles. The molecule has 31 heavy (non-hydrogen) atoms. The van der Waals surface area contributed by atoms with Crippen LogP contribution >= 0.6 is 0 Å². The van der Waals surface area contributed by atoms with Gasteiger partial charge in [0.1, 0.15) is 11.6 Å². The highest BCUT2D eigenvalue weighted by molar-refractivity contribution is 5.84. The largest absolute Gasteiger partial charge is 0.467 e. The quantitative estimate of drug-likeness (QED) is 0.414. The van der Waals surface area contributed by atoms with Crippen molar-refractivity contribution >= 4 is 18.0 Å². The van der Waals surface area contributed by atoms with E-state index < -0.39 is 23.7 Å². The summed E-state index contributed by atoms with van der Waals surface area (Å²) in [5.74, 6) is 11.3. The highest BCUT2D eigenvalue weighted by Gasteiger charge is 2.15. The second-order valence-corrected chi connectivity index (χ2v) is 7.64. The topological polar surface area (TPSA) is 93.7 Å². The average Bonchev–Trinajstić information content (AvgIpc) is 2.69. The molecule has 0 saturated heterocycles. The van der Waals surface area contributed by atoms with E-state index in [4.69, 9.17) is 4.74 Å². The number of carbonyl (C=O) groups excluding carboxylic acids is 3. The highest BCUT2D eigenvalue weighted by atomic mass is 16.6. The van der Waals surface area contributed by atoms with E-state index in [1.54, 1.807) is 27.7 Å². The Labute approximate surface area is 184 Å². The molecule has 7 heteroatoms. The molecule has 0 spiro atoms. The molecule has 2 amide bonds. The maximum atomic E-state index is 11.8. The maximum absolute atomic E-state index is 11.8. The minimum absolute atomic E-state index is 0.179. The fourth-order valence-corrected chi connectivity index (χ4v) is 2.28. The third kappa shape index (κ3) is 11.3. The van der Waals surface area contributed by atoms with Gasteiger partial charge in [0.15, 0.2) is 0 Å². The zero-order chi connectivity index (χ0) is 23.3. The number of nitrogens with one attached hydrogen (secondary N) is 2. The first-order chi connectivity index (χ1) is 14.6. The van der Waals surface area contributed by atoms with Crippen molar-refractivity contribution in [3.05, 3.63) is 35.4 Å². The van der Waals surface area contributed by atoms with Crippen molar-refractivity contribution in [1.82, 2.24) is 10.6 Å². The lowest BCUT2D eigenvalue weighted by molar-refractivity contribution is -0.144. The number of benzene rings is 1. The van der Waals surface area contributed by atoms with Crippen LogP contribution in [-0.2, 0) is 19.1 Å². The second kappa shape index (κ2) is 13.0. The Morgan fingerprint density at radius 1 is 1.03 bits per heavy atom. The van der Waals surface area contributed by atoms with E-state index in [9.17, 15) is 14.4 Å². The SMILES string of the molecule is COC(=O)[C@H](C)NC(=O)CCC#Cc1ccccc1C#CCCNC(=O)OC(C)(C)C. The molecule has 0 aliphatic carbocycles. The molecule has 0 radical (unpaired) electrons. The van der Waals surface area contributed by atoms with E-state index >= 15 is 0 Å². The summed E-state index contributed by atoms with van der Waals surface area (Å²) in [6.07, 6.45) is 0.532. The number of hydrogen-bond acceptors (Lipinski definition) is 5. The summed E-state index contributed by atoms with van der Waals surface area (Å²) >= 11 is 0. The van der Waals surface area contributed by atoms with E-state index in [2.05, 4.69) is 39.1 Å². The van der Waals surface area contributed by atoms with Crippen molar-refractivity contribution in [1.29, 1.82) is 0 Å². The smallest absolute Gasteiger partial charge is 0.407 e. The van der Waals surface area contributed by atoms with Gasteiger partial charge in [-0.3, -0.25) is 4.79 Å². The first-order valence-electron chi connectivity index (χ1n) is 10.0. The van der Waals surface area contributed by atoms with Gasteiger partial charge in [-0.2, -0.15) is 0 Å². The second-order valence-electron chi connectivity index (χ2n) is 7.64. The molecule has 0 aromatic heterocycles. The molecule has 0 aliphatic heterocycles. The van der Waals surface area contributed by atoms with Crippen LogP contribution in [0.5, 0.6) is 0 Å². The summed E-state index contributed by atoms with van der Waals surface area (Å²) < 4.78 is 9.73. The van der Waals surface area contributed by atoms with Gasteiger partial charge in [-0.15, -0.1) is 0 Å². The van der Waals surface area contributed by atoms with Gasteiger partial charge in [0.2, 0.25) is 5.91 Å². The normalized spacial score (nSPS) is 11.0. The number of amides is 2. The predicted octanol–water partition coefficient (Wildman–Crippen LogP) is 2.76. The number of esters is 1. The Balaban J connectivity index is 2.53. The minimum atomic E-state index is -0.689. The molecule has 0 aliphatic rings. The Kier molecular flexibility index (Phi) is 10.7. The van der Waals surface area contributed by atoms with Crippen molar-refractivity contribution in [3.8, 4) is 23.7 Å². The Morgan fingerprint density at radius 2 is 1.61 bits per heavy atom. The predicted molar refractivity (Wildman–Crippen MR) is 118 cm³/mol. The van der Waals surface area contributed by atoms with Gasteiger partial charge in [0, 0.05) is 36.9 Å². The minimum Gasteiger partial charge on any atom is -0.467 e. The van der Waals surface area contributed by atoms with Crippen LogP contribution in [0.2, 0.25) is 0 Å². The number of ether oxygens (including phenoxy) is 2. The van der Waals surface area contributed by atoms with Crippen LogP contribution in [0.25, 0.3) is 0 Å². The van der Waals surface area contributed by atoms with Crippen LogP contribution in [0.15, 0.2) is 24.3 Å². The van der Waals surface area contributed by atoms with Gasteiger partial charge in [0.25, 0.3) is 0 Å². The average molecular weight is 427 g/mol. The van der Waals surface area contributed by atoms with Gasteiger partial charge in [-0.25, -0.2) is 9.59 Å². The highest BCUT2D eigenvalue weighted by Crippen LogP contribution is 2.07. The molecule has 0 fully saturated rings. The van der Waals surface area contributed by atoms with Crippen molar-refractivity contribution in [3.63, 3.8) is 0 Å². The number of rotatable bonds is 6. The standard InChI is InChI=1S/C24H30N2O5/c1-18(22(28)30-5)26-21(27)16-9-8-14-19-12-6-7-13-20(19)15-10-11-17-25-23(29)31-24(2,3)4/h6-7,12-13,18H,9,11,16-17H2,1-5H3,(H,25,29)(H,26,27)/t18-/m0/s1. The molecule has 7 nitrogen and oxygen atoms in total. The molecule has 0 unspecified atom stereocenters. The number of hydrogen-bond donors (Lipinski definition) is 2. The fraction of sp³-hybridized carbons (Fsp3) is 0.458. The molecular weight excluding hydrogens is 396 g/mol. The third-order valence-corrected chi connectivity index (χ3v) is 3.70. The summed E-state index contributed by atoms with van der Waals surface area (Å²) in [5.41, 5.74) is 1.00. The number of carbonyl (C=O) groups is 3. The van der Waals surface area contributed by atoms with Crippen molar-refractivity contribution in [2.75, 3.05) is 13.7 Å². The van der Waals surface area contributed by atoms with Crippen LogP contribution in [0.1, 0.15) is 58.1 Å². The maximum Gasteiger partial charge on any atom is 0.407 e. The Bertz CT molecular complexity index is 894. The molecule has 166 valence electrons. The Morgan fingerprint density at radius 3 is 2.16 bits per heavy atom. The van der Waals surface area contributed by atoms with Crippen molar-refractivity contribution < 1.29 is 23.9 Å². The van der Waals surface area contributed by atoms with E-state index in [0.717, 1.165) is 11.1 Å². The summed E-state index contributed by atoms with van der Waals surface area (Å²) in [5, 5.41) is 5.22. The molecule has 2 N–H and O–H groups in total. The van der Waals surface area contributed by atoms with E-state index in [0.29, 0.717) is 19.4 Å². The fourth-order valence-electron chi connectivity index (χ4n) is 2.28. The van der Waals surface area contributed by atoms with E-state index in [-0.39, 0.29) is 12.3 Å². The third-order valence-electron chi connectivity index (χ3n) is 3.70. The molecule has 1 atom stereocenters. The summed E-state index contributed by atoms with van der Waals surface area (Å²) in [6, 6.07) is 6.77. The summed E-state index contributed by atoms with van der Waals surface area (Å²) in [4.78, 5) is 34.7. The molecule has 1 aromatic rings. The molecule has 0 heterocycles. The van der Waals surface area contributed by atoms with Crippen molar-refractivity contribution in [2.24, 2.45) is 0 Å². The number of alkyl carbamates (subject to hydrolysis) is 1. The van der Waals surface area contributed by atoms with Crippen LogP contribution in [0.3, 0.4) is 0 Å². The van der Waals surface area contributed by atoms with E-state index in [1.807, 2.05) is 24.3 Å². The lowest BCUT2D eigenvalue weighted by atomic mass is 10.1. The Hall–Kier alpha value is -3.45. The monoisotopic (exact) mass is 426 g/mol. The van der Waals surface area contributed by atoms with Crippen molar-refractivity contribution in [2.45, 2.75) is 58.6 Å². The van der Waals surface area contributed by atoms with Gasteiger partial charge in [-0.1, -0.05) is 35.8 Å². The zero-order valence-corrected chi connectivity index (χ0v) is 18.8. The number of methoxy groups -OCH3 is 1. The van der Waals surface area contributed by atoms with Crippen LogP contribution < -0.4 is 10.6 Å². The van der Waals surface area contributed by atoms with E-state index in [1.165, 1.54) is 7.11 Å². The van der Waals surface area contributed by atoms with Crippen LogP contribution in [-0.4, -0.2) is 43.3 Å². The summed E-state index contributed by atoms with van der Waals surface area (Å²) in [6.45, 7) is 7.36. The van der Waals surface area contributed by atoms with Crippen LogP contribution in [0, 0.1) is 23.7 Å². The molecular formula is C24H30N2O5. The summed E-state index contributed by atoms with van der Waals surface area (Å²) in [7, 11) is 1.27. The van der Waals surface area contributed by atoms with Gasteiger partial charge in [-0.05, 0) is 39.8 Å². The van der Waals surface area contributed by atoms with Gasteiger partial charge < -0.3 is 20.1 Å². The molecule has 1 aromatic carbocycles. The lowest BCUT2D eigenvalue weighted by Crippen LogP contribution is -2.38. The van der Waals surface area contributed by atoms with Gasteiger partial charge >= 0.3 is 12.1 Å². The van der Waals surface area contributed by atoms with Gasteiger partial charge in [0.05, 0.1) is 7.11 Å². The zero-order valence-electron chi connectivity index (χ0n) is 18.8. The van der Waals surface area contributed by atoms with Crippen LogP contribution in [0.4, 0.5) is 4.79 Å². The first-order valence-corrected chi connectivity index (χ1v) is 10.0. The molecule has 1 rings (SSSR count). The lowest BCUT2D eigenvalue weighted by Gasteiger charge is -2.19. The molecule has 0 bridgehead atoms.